The maximum absolute atomic E-state index is 12.3. The van der Waals surface area contributed by atoms with Crippen molar-refractivity contribution < 1.29 is 9.21 Å². The molecule has 0 aliphatic carbocycles. The number of fused-ring (bicyclic) bond motifs is 1. The van der Waals surface area contributed by atoms with E-state index in [1.165, 1.54) is 5.56 Å². The minimum absolute atomic E-state index is 0.177. The van der Waals surface area contributed by atoms with E-state index in [-0.39, 0.29) is 5.91 Å². The van der Waals surface area contributed by atoms with Crippen LogP contribution < -0.4 is 5.32 Å². The van der Waals surface area contributed by atoms with Crippen LogP contribution in [0.4, 0.5) is 0 Å². The lowest BCUT2D eigenvalue weighted by Crippen LogP contribution is -2.22. The van der Waals surface area contributed by atoms with Gasteiger partial charge in [-0.2, -0.15) is 0 Å². The van der Waals surface area contributed by atoms with Crippen molar-refractivity contribution >= 4 is 16.9 Å². The maximum Gasteiger partial charge on any atom is 0.287 e. The molecule has 3 aromatic rings. The lowest BCUT2D eigenvalue weighted by molar-refractivity contribution is 0.0924. The summed E-state index contributed by atoms with van der Waals surface area (Å²) in [5.74, 6) is 0.215. The first kappa shape index (κ1) is 13.4. The van der Waals surface area contributed by atoms with E-state index in [1.54, 1.807) is 0 Å². The Morgan fingerprint density at radius 2 is 1.76 bits per heavy atom. The largest absolute Gasteiger partial charge is 0.451 e. The number of carbonyl (C=O) groups excluding carboxylic acids is 1. The fourth-order valence-electron chi connectivity index (χ4n) is 2.36. The van der Waals surface area contributed by atoms with Crippen molar-refractivity contribution in [2.75, 3.05) is 0 Å². The van der Waals surface area contributed by atoms with Gasteiger partial charge in [0, 0.05) is 17.5 Å². The molecule has 0 unspecified atom stereocenters. The van der Waals surface area contributed by atoms with Crippen LogP contribution in [0.25, 0.3) is 11.0 Å². The van der Waals surface area contributed by atoms with Crippen LogP contribution in [0.15, 0.2) is 52.9 Å². The summed E-state index contributed by atoms with van der Waals surface area (Å²) in [7, 11) is 0. The van der Waals surface area contributed by atoms with Gasteiger partial charge in [-0.1, -0.05) is 48.0 Å². The van der Waals surface area contributed by atoms with E-state index in [1.807, 2.05) is 62.4 Å². The summed E-state index contributed by atoms with van der Waals surface area (Å²) in [6.45, 7) is 4.45. The third kappa shape index (κ3) is 2.68. The summed E-state index contributed by atoms with van der Waals surface area (Å²) >= 11 is 0. The zero-order valence-electron chi connectivity index (χ0n) is 12.1. The fourth-order valence-corrected chi connectivity index (χ4v) is 2.36. The van der Waals surface area contributed by atoms with E-state index in [2.05, 4.69) is 5.32 Å². The van der Waals surface area contributed by atoms with Crippen LogP contribution in [0.1, 0.15) is 27.2 Å². The summed E-state index contributed by atoms with van der Waals surface area (Å²) in [4.78, 5) is 12.3. The van der Waals surface area contributed by atoms with Crippen LogP contribution in [0.2, 0.25) is 0 Å². The number of nitrogens with one attached hydrogen (secondary N) is 1. The smallest absolute Gasteiger partial charge is 0.287 e. The molecule has 0 bridgehead atoms. The molecular weight excluding hydrogens is 262 g/mol. The Kier molecular flexibility index (Phi) is 3.48. The first-order valence-corrected chi connectivity index (χ1v) is 6.97. The van der Waals surface area contributed by atoms with Gasteiger partial charge in [0.25, 0.3) is 5.91 Å². The number of benzene rings is 2. The Bertz CT molecular complexity index is 785. The Hall–Kier alpha value is -2.55. The molecule has 0 fully saturated rings. The van der Waals surface area contributed by atoms with E-state index in [0.29, 0.717) is 12.3 Å². The van der Waals surface area contributed by atoms with Crippen molar-refractivity contribution in [2.45, 2.75) is 20.4 Å². The number of rotatable bonds is 3. The second-order valence-electron chi connectivity index (χ2n) is 5.22. The van der Waals surface area contributed by atoms with Crippen LogP contribution in [-0.4, -0.2) is 5.91 Å². The van der Waals surface area contributed by atoms with Crippen molar-refractivity contribution in [3.8, 4) is 0 Å². The number of hydrogen-bond donors (Lipinski definition) is 1. The summed E-state index contributed by atoms with van der Waals surface area (Å²) in [5.41, 5.74) is 3.91. The van der Waals surface area contributed by atoms with Crippen molar-refractivity contribution in [2.24, 2.45) is 0 Å². The van der Waals surface area contributed by atoms with Crippen LogP contribution in [0.3, 0.4) is 0 Å². The van der Waals surface area contributed by atoms with E-state index in [9.17, 15) is 4.79 Å². The molecule has 21 heavy (non-hydrogen) atoms. The zero-order chi connectivity index (χ0) is 14.8. The Morgan fingerprint density at radius 3 is 2.48 bits per heavy atom. The van der Waals surface area contributed by atoms with Gasteiger partial charge in [-0.15, -0.1) is 0 Å². The van der Waals surface area contributed by atoms with Gasteiger partial charge < -0.3 is 9.73 Å². The average Bonchev–Trinajstić information content (AvgIpc) is 2.84. The van der Waals surface area contributed by atoms with Crippen LogP contribution in [-0.2, 0) is 6.54 Å². The third-order valence-corrected chi connectivity index (χ3v) is 3.62. The average molecular weight is 279 g/mol. The highest BCUT2D eigenvalue weighted by Crippen LogP contribution is 2.24. The Labute approximate surface area is 123 Å². The second-order valence-corrected chi connectivity index (χ2v) is 5.22. The predicted molar refractivity (Wildman–Crippen MR) is 83.3 cm³/mol. The van der Waals surface area contributed by atoms with Crippen molar-refractivity contribution in [1.29, 1.82) is 0 Å². The summed E-state index contributed by atoms with van der Waals surface area (Å²) < 4.78 is 5.66. The van der Waals surface area contributed by atoms with E-state index < -0.39 is 0 Å². The molecule has 1 amide bonds. The molecule has 1 aromatic heterocycles. The van der Waals surface area contributed by atoms with E-state index >= 15 is 0 Å². The molecular formula is C18H17NO2. The van der Waals surface area contributed by atoms with Crippen LogP contribution in [0, 0.1) is 13.8 Å². The van der Waals surface area contributed by atoms with Crippen LogP contribution >= 0.6 is 0 Å². The topological polar surface area (TPSA) is 42.2 Å². The van der Waals surface area contributed by atoms with E-state index in [0.717, 1.165) is 22.1 Å². The standard InChI is InChI=1S/C18H17NO2/c1-12-7-9-14(10-8-12)11-19-18(20)17-13(2)15-5-3-4-6-16(15)21-17/h3-10H,11H2,1-2H3,(H,19,20). The zero-order valence-corrected chi connectivity index (χ0v) is 12.1. The van der Waals surface area contributed by atoms with Gasteiger partial charge in [-0.05, 0) is 25.5 Å². The molecule has 3 heteroatoms. The quantitative estimate of drug-likeness (QED) is 0.788. The van der Waals surface area contributed by atoms with Gasteiger partial charge in [0.2, 0.25) is 0 Å². The predicted octanol–water partition coefficient (Wildman–Crippen LogP) is 3.98. The molecule has 1 heterocycles. The van der Waals surface area contributed by atoms with Crippen molar-refractivity contribution in [3.63, 3.8) is 0 Å². The highest BCUT2D eigenvalue weighted by molar-refractivity contribution is 5.98. The summed E-state index contributed by atoms with van der Waals surface area (Å²) in [5, 5.41) is 3.89. The van der Waals surface area contributed by atoms with Gasteiger partial charge >= 0.3 is 0 Å². The van der Waals surface area contributed by atoms with Gasteiger partial charge in [0.05, 0.1) is 0 Å². The molecule has 0 spiro atoms. The molecule has 0 saturated heterocycles. The number of aryl methyl sites for hydroxylation is 2. The normalized spacial score (nSPS) is 10.8. The molecule has 106 valence electrons. The summed E-state index contributed by atoms with van der Waals surface area (Å²) in [6.07, 6.45) is 0. The minimum Gasteiger partial charge on any atom is -0.451 e. The molecule has 0 aliphatic heterocycles. The highest BCUT2D eigenvalue weighted by atomic mass is 16.3. The number of furan rings is 1. The molecule has 3 rings (SSSR count). The Balaban J connectivity index is 1.78. The van der Waals surface area contributed by atoms with Gasteiger partial charge in [0.15, 0.2) is 5.76 Å². The molecule has 0 atom stereocenters. The molecule has 0 saturated carbocycles. The SMILES string of the molecule is Cc1ccc(CNC(=O)c2oc3ccccc3c2C)cc1. The lowest BCUT2D eigenvalue weighted by atomic mass is 10.1. The summed E-state index contributed by atoms with van der Waals surface area (Å²) in [6, 6.07) is 15.8. The lowest BCUT2D eigenvalue weighted by Gasteiger charge is -2.04. The van der Waals surface area contributed by atoms with Gasteiger partial charge in [-0.3, -0.25) is 4.79 Å². The van der Waals surface area contributed by atoms with Crippen molar-refractivity contribution in [1.82, 2.24) is 5.32 Å². The van der Waals surface area contributed by atoms with E-state index in [4.69, 9.17) is 4.42 Å². The van der Waals surface area contributed by atoms with Gasteiger partial charge in [-0.25, -0.2) is 0 Å². The molecule has 1 N–H and O–H groups in total. The monoisotopic (exact) mass is 279 g/mol. The number of para-hydroxylation sites is 1. The molecule has 0 aliphatic rings. The molecule has 3 nitrogen and oxygen atoms in total. The third-order valence-electron chi connectivity index (χ3n) is 3.62. The first-order chi connectivity index (χ1) is 10.1. The molecule has 2 aromatic carbocycles. The molecule has 0 radical (unpaired) electrons. The second kappa shape index (κ2) is 5.44. The number of amides is 1. The van der Waals surface area contributed by atoms with Gasteiger partial charge in [0.1, 0.15) is 5.58 Å². The number of hydrogen-bond acceptors (Lipinski definition) is 2. The minimum atomic E-state index is -0.177. The Morgan fingerprint density at radius 1 is 1.05 bits per heavy atom. The van der Waals surface area contributed by atoms with Crippen LogP contribution in [0.5, 0.6) is 0 Å². The highest BCUT2D eigenvalue weighted by Gasteiger charge is 2.16. The fraction of sp³-hybridized carbons (Fsp3) is 0.167. The maximum atomic E-state index is 12.3. The first-order valence-electron chi connectivity index (χ1n) is 6.97. The number of carbonyl (C=O) groups is 1. The van der Waals surface area contributed by atoms with Crippen molar-refractivity contribution in [3.05, 3.63) is 71.0 Å².